The molecule has 1 atom stereocenters. The second kappa shape index (κ2) is 8.22. The Morgan fingerprint density at radius 2 is 1.75 bits per heavy atom. The van der Waals surface area contributed by atoms with Gasteiger partial charge in [-0.05, 0) is 19.4 Å². The molecular weight excluding hydrogens is 354 g/mol. The first-order valence-corrected chi connectivity index (χ1v) is 10.2. The molecule has 130 valence electrons. The summed E-state index contributed by atoms with van der Waals surface area (Å²) in [6.07, 6.45) is -0.966. The molecule has 0 heterocycles. The summed E-state index contributed by atoms with van der Waals surface area (Å²) in [5, 5.41) is 9.04. The van der Waals surface area contributed by atoms with Crippen LogP contribution in [0.3, 0.4) is 0 Å². The molecule has 24 heavy (non-hydrogen) atoms. The van der Waals surface area contributed by atoms with E-state index in [9.17, 15) is 16.8 Å². The summed E-state index contributed by atoms with van der Waals surface area (Å²) in [6.45, 7) is 15.2. The largest absolute Gasteiger partial charge is 0.392 e. The van der Waals surface area contributed by atoms with Crippen LogP contribution in [0.5, 0.6) is 0 Å². The maximum Gasteiger partial charge on any atom is 0.211 e. The monoisotopic (exact) mass is 371 g/mol. The van der Waals surface area contributed by atoms with Crippen molar-refractivity contribution in [1.29, 1.82) is 0 Å². The lowest BCUT2D eigenvalue weighted by Crippen LogP contribution is -2.33. The summed E-state index contributed by atoms with van der Waals surface area (Å²) in [6, 6.07) is 3.61. The molecule has 1 rings (SSSR count). The summed E-state index contributed by atoms with van der Waals surface area (Å²) in [5.74, 6) is -0.799. The van der Waals surface area contributed by atoms with Gasteiger partial charge in [0.05, 0.1) is 35.6 Å². The number of hydrogen-bond donors (Lipinski definition) is 2. The number of sulfonamides is 1. The Morgan fingerprint density at radius 1 is 1.12 bits per heavy atom. The summed E-state index contributed by atoms with van der Waals surface area (Å²) in [5.41, 5.74) is 0.00569. The molecule has 0 saturated heterocycles. The zero-order chi connectivity index (χ0) is 18.4. The van der Waals surface area contributed by atoms with Crippen molar-refractivity contribution in [1.82, 2.24) is 4.72 Å². The molecule has 0 saturated carbocycles. The molecule has 0 aromatic heterocycles. The van der Waals surface area contributed by atoms with E-state index in [0.717, 1.165) is 6.07 Å². The number of nitrogens with zero attached hydrogens (tertiary/aromatic N) is 2. The molecule has 1 aromatic carbocycles. The second-order valence-electron chi connectivity index (χ2n) is 5.06. The second-order valence-corrected chi connectivity index (χ2v) is 9.10. The van der Waals surface area contributed by atoms with Crippen molar-refractivity contribution >= 4 is 31.2 Å². The van der Waals surface area contributed by atoms with Crippen LogP contribution in [-0.2, 0) is 19.9 Å². The van der Waals surface area contributed by atoms with Crippen molar-refractivity contribution in [3.05, 3.63) is 41.0 Å². The first-order valence-electron chi connectivity index (χ1n) is 6.88. The maximum absolute atomic E-state index is 12.2. The highest BCUT2D eigenvalue weighted by Gasteiger charge is 2.19. The Labute approximate surface area is 141 Å². The van der Waals surface area contributed by atoms with Crippen molar-refractivity contribution in [2.75, 3.05) is 18.1 Å². The van der Waals surface area contributed by atoms with Crippen LogP contribution in [0.25, 0.3) is 9.69 Å². The third-order valence-electron chi connectivity index (χ3n) is 2.97. The van der Waals surface area contributed by atoms with Crippen LogP contribution >= 0.6 is 0 Å². The molecule has 0 aliphatic carbocycles. The fourth-order valence-corrected chi connectivity index (χ4v) is 4.43. The van der Waals surface area contributed by atoms with Crippen LogP contribution in [0, 0.1) is 13.1 Å². The molecule has 0 amide bonds. The first kappa shape index (κ1) is 20.1. The lowest BCUT2D eigenvalue weighted by atomic mass is 10.3. The number of rotatable bonds is 8. The van der Waals surface area contributed by atoms with E-state index in [2.05, 4.69) is 14.4 Å². The summed E-state index contributed by atoms with van der Waals surface area (Å²) in [7, 11) is -7.43. The van der Waals surface area contributed by atoms with E-state index >= 15 is 0 Å². The predicted octanol–water partition coefficient (Wildman–Crippen LogP) is 1.25. The number of hydrogen-bond acceptors (Lipinski definition) is 5. The van der Waals surface area contributed by atoms with Gasteiger partial charge in [-0.15, -0.1) is 0 Å². The van der Waals surface area contributed by atoms with E-state index in [1.54, 1.807) is 0 Å². The van der Waals surface area contributed by atoms with E-state index in [0.29, 0.717) is 0 Å². The fourth-order valence-electron chi connectivity index (χ4n) is 1.76. The SMILES string of the molecule is [C-]#[N+]c1ccc(S(=O)(=O)CCCS(=O)(=O)NCC(C)O)cc1[N+]#[C-]. The normalized spacial score (nSPS) is 13.0. The molecule has 1 aromatic rings. The zero-order valence-corrected chi connectivity index (χ0v) is 14.6. The third-order valence-corrected chi connectivity index (χ3v) is 6.20. The minimum absolute atomic E-state index is 0.0581. The highest BCUT2D eigenvalue weighted by molar-refractivity contribution is 7.91. The van der Waals surface area contributed by atoms with Crippen LogP contribution in [-0.4, -0.2) is 46.1 Å². The third kappa shape index (κ3) is 5.91. The van der Waals surface area contributed by atoms with Gasteiger partial charge in [-0.1, -0.05) is 12.1 Å². The fraction of sp³-hybridized carbons (Fsp3) is 0.429. The highest BCUT2D eigenvalue weighted by Crippen LogP contribution is 2.31. The van der Waals surface area contributed by atoms with E-state index < -0.39 is 37.5 Å². The number of aliphatic hydroxyl groups is 1. The van der Waals surface area contributed by atoms with Crippen molar-refractivity contribution < 1.29 is 21.9 Å². The Balaban J connectivity index is 2.78. The minimum atomic E-state index is -3.76. The molecule has 0 aliphatic heterocycles. The Morgan fingerprint density at radius 3 is 2.29 bits per heavy atom. The van der Waals surface area contributed by atoms with Crippen LogP contribution in [0.1, 0.15) is 13.3 Å². The number of aliphatic hydroxyl groups excluding tert-OH is 1. The maximum atomic E-state index is 12.2. The van der Waals surface area contributed by atoms with Gasteiger partial charge in [0.15, 0.2) is 21.2 Å². The van der Waals surface area contributed by atoms with Gasteiger partial charge in [0.2, 0.25) is 10.0 Å². The molecule has 0 spiro atoms. The molecule has 2 N–H and O–H groups in total. The number of sulfone groups is 1. The van der Waals surface area contributed by atoms with Gasteiger partial charge in [0, 0.05) is 6.54 Å². The summed E-state index contributed by atoms with van der Waals surface area (Å²) >= 11 is 0. The first-order chi connectivity index (χ1) is 11.1. The van der Waals surface area contributed by atoms with Gasteiger partial charge >= 0.3 is 0 Å². The Kier molecular flexibility index (Phi) is 6.87. The summed E-state index contributed by atoms with van der Waals surface area (Å²) < 4.78 is 49.9. The molecule has 10 heteroatoms. The summed E-state index contributed by atoms with van der Waals surface area (Å²) in [4.78, 5) is 6.13. The standard InChI is InChI=1S/C14H17N3O5S2/c1-11(18)10-17-24(21,22)8-4-7-23(19,20)12-5-6-13(15-2)14(9-12)16-3/h5-6,9,11,17-18H,4,7-8,10H2,1H3. The molecule has 8 nitrogen and oxygen atoms in total. The van der Waals surface area contributed by atoms with E-state index in [-0.39, 0.29) is 29.2 Å². The van der Waals surface area contributed by atoms with Gasteiger partial charge in [0.1, 0.15) is 0 Å². The number of benzene rings is 1. The van der Waals surface area contributed by atoms with Crippen molar-refractivity contribution in [3.8, 4) is 0 Å². The molecule has 1 unspecified atom stereocenters. The van der Waals surface area contributed by atoms with Crippen LogP contribution in [0.4, 0.5) is 11.4 Å². The van der Waals surface area contributed by atoms with E-state index in [4.69, 9.17) is 18.3 Å². The van der Waals surface area contributed by atoms with Crippen LogP contribution in [0.15, 0.2) is 23.1 Å². The van der Waals surface area contributed by atoms with Gasteiger partial charge in [-0.25, -0.2) is 21.6 Å². The van der Waals surface area contributed by atoms with E-state index in [1.165, 1.54) is 19.1 Å². The molecule has 0 aliphatic rings. The predicted molar refractivity (Wildman–Crippen MR) is 89.1 cm³/mol. The lowest BCUT2D eigenvalue weighted by Gasteiger charge is -2.09. The van der Waals surface area contributed by atoms with Gasteiger partial charge in [0.25, 0.3) is 0 Å². The quantitative estimate of drug-likeness (QED) is 0.669. The average Bonchev–Trinajstić information content (AvgIpc) is 2.52. The highest BCUT2D eigenvalue weighted by atomic mass is 32.2. The van der Waals surface area contributed by atoms with Crippen molar-refractivity contribution in [2.45, 2.75) is 24.3 Å². The van der Waals surface area contributed by atoms with Crippen LogP contribution < -0.4 is 4.72 Å². The van der Waals surface area contributed by atoms with Crippen molar-refractivity contribution in [3.63, 3.8) is 0 Å². The van der Waals surface area contributed by atoms with Gasteiger partial charge in [-0.2, -0.15) is 0 Å². The molecule has 0 bridgehead atoms. The van der Waals surface area contributed by atoms with Gasteiger partial charge in [-0.3, -0.25) is 9.69 Å². The smallest absolute Gasteiger partial charge is 0.211 e. The minimum Gasteiger partial charge on any atom is -0.392 e. The average molecular weight is 371 g/mol. The number of nitrogens with one attached hydrogen (secondary N) is 1. The Hall–Kier alpha value is -1.98. The molecule has 0 radical (unpaired) electrons. The van der Waals surface area contributed by atoms with E-state index in [1.807, 2.05) is 0 Å². The molecule has 0 fully saturated rings. The van der Waals surface area contributed by atoms with Crippen LogP contribution in [0.2, 0.25) is 0 Å². The molecular formula is C14H17N3O5S2. The zero-order valence-electron chi connectivity index (χ0n) is 12.9. The van der Waals surface area contributed by atoms with Crippen molar-refractivity contribution in [2.24, 2.45) is 0 Å². The van der Waals surface area contributed by atoms with Gasteiger partial charge < -0.3 is 5.11 Å². The topological polar surface area (TPSA) is 109 Å². The Bertz CT molecular complexity index is 878. The lowest BCUT2D eigenvalue weighted by molar-refractivity contribution is 0.198.